The largest absolute Gasteiger partial charge is 0.353 e. The van der Waals surface area contributed by atoms with Gasteiger partial charge in [-0.3, -0.25) is 4.57 Å². The second kappa shape index (κ2) is 3.67. The lowest BCUT2D eigenvalue weighted by molar-refractivity contribution is 1.00. The molecule has 1 aliphatic rings. The zero-order valence-corrected chi connectivity index (χ0v) is 9.35. The van der Waals surface area contributed by atoms with Crippen LogP contribution in [-0.2, 0) is 0 Å². The second-order valence-corrected chi connectivity index (χ2v) is 4.38. The van der Waals surface area contributed by atoms with E-state index in [9.17, 15) is 0 Å². The van der Waals surface area contributed by atoms with Crippen LogP contribution in [0, 0.1) is 6.92 Å². The molecule has 2 aromatic rings. The average molecular weight is 213 g/mol. The minimum absolute atomic E-state index is 0.631. The molecule has 1 aliphatic carbocycles. The van der Waals surface area contributed by atoms with E-state index in [1.165, 1.54) is 18.4 Å². The Bertz CT molecular complexity index is 480. The van der Waals surface area contributed by atoms with Crippen LogP contribution in [0.15, 0.2) is 36.7 Å². The fourth-order valence-corrected chi connectivity index (χ4v) is 1.73. The van der Waals surface area contributed by atoms with Gasteiger partial charge < -0.3 is 5.32 Å². The molecule has 0 aliphatic heterocycles. The van der Waals surface area contributed by atoms with Gasteiger partial charge in [0.05, 0.1) is 0 Å². The van der Waals surface area contributed by atoms with Crippen LogP contribution in [0.25, 0.3) is 5.69 Å². The third-order valence-electron chi connectivity index (χ3n) is 2.86. The number of hydrogen-bond acceptors (Lipinski definition) is 2. The van der Waals surface area contributed by atoms with E-state index < -0.39 is 0 Å². The highest BCUT2D eigenvalue weighted by atomic mass is 15.2. The van der Waals surface area contributed by atoms with Gasteiger partial charge in [-0.2, -0.15) is 0 Å². The molecule has 0 radical (unpaired) electrons. The maximum atomic E-state index is 4.35. The smallest absolute Gasteiger partial charge is 0.207 e. The van der Waals surface area contributed by atoms with E-state index >= 15 is 0 Å². The molecule has 82 valence electrons. The molecule has 1 fully saturated rings. The van der Waals surface area contributed by atoms with Crippen molar-refractivity contribution in [3.05, 3.63) is 42.2 Å². The summed E-state index contributed by atoms with van der Waals surface area (Å²) >= 11 is 0. The van der Waals surface area contributed by atoms with Crippen molar-refractivity contribution in [1.29, 1.82) is 0 Å². The van der Waals surface area contributed by atoms with Crippen molar-refractivity contribution in [2.24, 2.45) is 0 Å². The molecular formula is C13H15N3. The highest BCUT2D eigenvalue weighted by molar-refractivity contribution is 5.43. The summed E-state index contributed by atoms with van der Waals surface area (Å²) in [4.78, 5) is 4.35. The predicted octanol–water partition coefficient (Wildman–Crippen LogP) is 2.76. The minimum Gasteiger partial charge on any atom is -0.353 e. The normalized spacial score (nSPS) is 15.1. The summed E-state index contributed by atoms with van der Waals surface area (Å²) in [5.74, 6) is 0.950. The average Bonchev–Trinajstić information content (AvgIpc) is 2.97. The summed E-state index contributed by atoms with van der Waals surface area (Å²) < 4.78 is 2.10. The first-order valence-corrected chi connectivity index (χ1v) is 5.70. The van der Waals surface area contributed by atoms with E-state index in [1.807, 2.05) is 12.4 Å². The number of imidazole rings is 1. The summed E-state index contributed by atoms with van der Waals surface area (Å²) in [5, 5.41) is 3.43. The molecule has 3 heteroatoms. The summed E-state index contributed by atoms with van der Waals surface area (Å²) in [7, 11) is 0. The molecule has 1 aromatic carbocycles. The fraction of sp³-hybridized carbons (Fsp3) is 0.308. The number of anilines is 1. The number of nitrogens with zero attached hydrogens (tertiary/aromatic N) is 2. The first kappa shape index (κ1) is 9.46. The molecule has 0 spiro atoms. The van der Waals surface area contributed by atoms with E-state index in [0.717, 1.165) is 11.6 Å². The van der Waals surface area contributed by atoms with Gasteiger partial charge >= 0.3 is 0 Å². The number of aryl methyl sites for hydroxylation is 1. The molecule has 0 atom stereocenters. The molecule has 1 saturated carbocycles. The van der Waals surface area contributed by atoms with Crippen molar-refractivity contribution in [3.63, 3.8) is 0 Å². The Kier molecular flexibility index (Phi) is 2.17. The second-order valence-electron chi connectivity index (χ2n) is 4.38. The molecule has 16 heavy (non-hydrogen) atoms. The van der Waals surface area contributed by atoms with E-state index in [1.54, 1.807) is 0 Å². The first-order chi connectivity index (χ1) is 7.83. The number of hydrogen-bond donors (Lipinski definition) is 1. The fourth-order valence-electron chi connectivity index (χ4n) is 1.73. The Morgan fingerprint density at radius 3 is 2.69 bits per heavy atom. The van der Waals surface area contributed by atoms with E-state index in [0.29, 0.717) is 6.04 Å². The highest BCUT2D eigenvalue weighted by Gasteiger charge is 2.22. The van der Waals surface area contributed by atoms with Gasteiger partial charge in [0.2, 0.25) is 5.95 Å². The molecule has 3 rings (SSSR count). The van der Waals surface area contributed by atoms with Crippen molar-refractivity contribution in [1.82, 2.24) is 9.55 Å². The van der Waals surface area contributed by atoms with Gasteiger partial charge in [-0.25, -0.2) is 4.98 Å². The van der Waals surface area contributed by atoms with Crippen molar-refractivity contribution < 1.29 is 0 Å². The Morgan fingerprint density at radius 1 is 1.25 bits per heavy atom. The molecule has 0 unspecified atom stereocenters. The van der Waals surface area contributed by atoms with Crippen LogP contribution in [0.1, 0.15) is 18.4 Å². The van der Waals surface area contributed by atoms with Crippen LogP contribution in [0.2, 0.25) is 0 Å². The van der Waals surface area contributed by atoms with Gasteiger partial charge in [0.15, 0.2) is 0 Å². The monoisotopic (exact) mass is 213 g/mol. The molecule has 1 heterocycles. The van der Waals surface area contributed by atoms with Crippen LogP contribution in [0.5, 0.6) is 0 Å². The van der Waals surface area contributed by atoms with Crippen molar-refractivity contribution >= 4 is 5.95 Å². The van der Waals surface area contributed by atoms with Gasteiger partial charge in [0.25, 0.3) is 0 Å². The molecule has 1 N–H and O–H groups in total. The Hall–Kier alpha value is -1.77. The van der Waals surface area contributed by atoms with Gasteiger partial charge in [-0.05, 0) is 31.9 Å². The number of nitrogens with one attached hydrogen (secondary N) is 1. The Morgan fingerprint density at radius 2 is 2.00 bits per heavy atom. The molecule has 0 bridgehead atoms. The molecule has 3 nitrogen and oxygen atoms in total. The molecular weight excluding hydrogens is 198 g/mol. The van der Waals surface area contributed by atoms with Crippen molar-refractivity contribution in [3.8, 4) is 5.69 Å². The molecule has 0 saturated heterocycles. The van der Waals surface area contributed by atoms with Crippen molar-refractivity contribution in [2.75, 3.05) is 5.32 Å². The lowest BCUT2D eigenvalue weighted by atomic mass is 10.2. The van der Waals surface area contributed by atoms with Crippen LogP contribution in [-0.4, -0.2) is 15.6 Å². The van der Waals surface area contributed by atoms with Gasteiger partial charge in [0, 0.05) is 24.1 Å². The first-order valence-electron chi connectivity index (χ1n) is 5.70. The van der Waals surface area contributed by atoms with E-state index in [4.69, 9.17) is 0 Å². The van der Waals surface area contributed by atoms with Gasteiger partial charge in [-0.1, -0.05) is 17.7 Å². The zero-order chi connectivity index (χ0) is 11.0. The number of benzene rings is 1. The summed E-state index contributed by atoms with van der Waals surface area (Å²) in [5.41, 5.74) is 2.44. The maximum absolute atomic E-state index is 4.35. The lowest BCUT2D eigenvalue weighted by Crippen LogP contribution is -2.07. The number of rotatable bonds is 3. The minimum atomic E-state index is 0.631. The zero-order valence-electron chi connectivity index (χ0n) is 9.35. The summed E-state index contributed by atoms with van der Waals surface area (Å²) in [6.07, 6.45) is 6.36. The third-order valence-corrected chi connectivity index (χ3v) is 2.86. The van der Waals surface area contributed by atoms with Crippen LogP contribution < -0.4 is 5.32 Å². The maximum Gasteiger partial charge on any atom is 0.207 e. The quantitative estimate of drug-likeness (QED) is 0.849. The lowest BCUT2D eigenvalue weighted by Gasteiger charge is -2.09. The van der Waals surface area contributed by atoms with E-state index in [2.05, 4.69) is 46.1 Å². The Balaban J connectivity index is 1.92. The third kappa shape index (κ3) is 1.81. The van der Waals surface area contributed by atoms with Crippen LogP contribution in [0.4, 0.5) is 5.95 Å². The predicted molar refractivity (Wildman–Crippen MR) is 64.9 cm³/mol. The van der Waals surface area contributed by atoms with Gasteiger partial charge in [0.1, 0.15) is 0 Å². The molecule has 1 aromatic heterocycles. The number of aromatic nitrogens is 2. The highest BCUT2D eigenvalue weighted by Crippen LogP contribution is 2.25. The van der Waals surface area contributed by atoms with Gasteiger partial charge in [-0.15, -0.1) is 0 Å². The molecule has 0 amide bonds. The van der Waals surface area contributed by atoms with Crippen LogP contribution in [0.3, 0.4) is 0 Å². The van der Waals surface area contributed by atoms with E-state index in [-0.39, 0.29) is 0 Å². The topological polar surface area (TPSA) is 29.9 Å². The Labute approximate surface area is 95.1 Å². The summed E-state index contributed by atoms with van der Waals surface area (Å²) in [6.45, 7) is 2.10. The standard InChI is InChI=1S/C13H15N3/c1-10-2-6-12(7-3-10)16-9-8-14-13(16)15-11-4-5-11/h2-3,6-9,11H,4-5H2,1H3,(H,14,15). The summed E-state index contributed by atoms with van der Waals surface area (Å²) in [6, 6.07) is 9.11. The van der Waals surface area contributed by atoms with Crippen molar-refractivity contribution in [2.45, 2.75) is 25.8 Å². The SMILES string of the molecule is Cc1ccc(-n2ccnc2NC2CC2)cc1. The van der Waals surface area contributed by atoms with Crippen LogP contribution >= 0.6 is 0 Å².